The molecule has 4 nitrogen and oxygen atoms in total. The van der Waals surface area contributed by atoms with E-state index < -0.39 is 0 Å². The van der Waals surface area contributed by atoms with Crippen molar-refractivity contribution in [2.75, 3.05) is 6.54 Å². The minimum atomic E-state index is -0.255. The maximum Gasteiger partial charge on any atom is 0.268 e. The van der Waals surface area contributed by atoms with Gasteiger partial charge in [-0.1, -0.05) is 18.2 Å². The first-order valence-corrected chi connectivity index (χ1v) is 6.69. The van der Waals surface area contributed by atoms with Gasteiger partial charge in [-0.3, -0.25) is 9.20 Å². The fraction of sp³-hybridized carbons (Fsp3) is 0.125. The molecule has 5 heteroatoms. The van der Waals surface area contributed by atoms with Crippen LogP contribution in [0.5, 0.6) is 0 Å². The van der Waals surface area contributed by atoms with Gasteiger partial charge in [0.2, 0.25) is 0 Å². The van der Waals surface area contributed by atoms with E-state index in [2.05, 4.69) is 10.3 Å². The fourth-order valence-electron chi connectivity index (χ4n) is 2.19. The number of imidazole rings is 1. The van der Waals surface area contributed by atoms with Crippen molar-refractivity contribution in [3.63, 3.8) is 0 Å². The van der Waals surface area contributed by atoms with Gasteiger partial charge in [0.25, 0.3) is 5.91 Å². The third kappa shape index (κ3) is 2.91. The molecular formula is C16H14FN3O. The molecule has 0 radical (unpaired) electrons. The van der Waals surface area contributed by atoms with Gasteiger partial charge in [0.05, 0.1) is 0 Å². The molecule has 1 aromatic carbocycles. The van der Waals surface area contributed by atoms with Crippen LogP contribution >= 0.6 is 0 Å². The third-order valence-corrected chi connectivity index (χ3v) is 3.27. The van der Waals surface area contributed by atoms with Crippen molar-refractivity contribution in [1.82, 2.24) is 14.7 Å². The van der Waals surface area contributed by atoms with Gasteiger partial charge in [0, 0.05) is 18.9 Å². The number of nitrogens with one attached hydrogen (secondary N) is 1. The molecule has 106 valence electrons. The SMILES string of the molecule is O=C(NCCc1ccc(F)cc1)c1cccc2nccn12. The molecule has 0 unspecified atom stereocenters. The molecule has 0 saturated carbocycles. The highest BCUT2D eigenvalue weighted by Gasteiger charge is 2.09. The second-order valence-corrected chi connectivity index (χ2v) is 4.70. The summed E-state index contributed by atoms with van der Waals surface area (Å²) >= 11 is 0. The maximum absolute atomic E-state index is 12.8. The first-order valence-electron chi connectivity index (χ1n) is 6.69. The van der Waals surface area contributed by atoms with E-state index in [1.165, 1.54) is 12.1 Å². The van der Waals surface area contributed by atoms with Crippen LogP contribution in [0.3, 0.4) is 0 Å². The van der Waals surface area contributed by atoms with Gasteiger partial charge in [0.15, 0.2) is 0 Å². The lowest BCUT2D eigenvalue weighted by molar-refractivity contribution is 0.0948. The van der Waals surface area contributed by atoms with E-state index in [-0.39, 0.29) is 11.7 Å². The zero-order valence-corrected chi connectivity index (χ0v) is 11.3. The van der Waals surface area contributed by atoms with E-state index >= 15 is 0 Å². The summed E-state index contributed by atoms with van der Waals surface area (Å²) in [5.74, 6) is -0.407. The molecule has 21 heavy (non-hydrogen) atoms. The molecule has 0 atom stereocenters. The average Bonchev–Trinajstić information content (AvgIpc) is 2.97. The Bertz CT molecular complexity index is 765. The Hall–Kier alpha value is -2.69. The normalized spacial score (nSPS) is 10.7. The molecule has 2 aromatic heterocycles. The van der Waals surface area contributed by atoms with Crippen LogP contribution in [0, 0.1) is 5.82 Å². The summed E-state index contributed by atoms with van der Waals surface area (Å²) in [6.45, 7) is 0.496. The molecule has 3 aromatic rings. The number of carbonyl (C=O) groups is 1. The van der Waals surface area contributed by atoms with Crippen LogP contribution in [0.15, 0.2) is 54.9 Å². The predicted octanol–water partition coefficient (Wildman–Crippen LogP) is 2.45. The summed E-state index contributed by atoms with van der Waals surface area (Å²) in [5.41, 5.74) is 2.27. The van der Waals surface area contributed by atoms with Crippen molar-refractivity contribution in [3.8, 4) is 0 Å². The second-order valence-electron chi connectivity index (χ2n) is 4.70. The Labute approximate surface area is 121 Å². The molecule has 0 aliphatic heterocycles. The molecule has 0 aliphatic carbocycles. The van der Waals surface area contributed by atoms with Crippen molar-refractivity contribution in [1.29, 1.82) is 0 Å². The van der Waals surface area contributed by atoms with Crippen LogP contribution in [0.25, 0.3) is 5.65 Å². The standard InChI is InChI=1S/C16H14FN3O/c17-13-6-4-12(5-7-13)8-9-19-16(21)14-2-1-3-15-18-10-11-20(14)15/h1-7,10-11H,8-9H2,(H,19,21). The first kappa shape index (κ1) is 13.3. The number of hydrogen-bond acceptors (Lipinski definition) is 2. The van der Waals surface area contributed by atoms with Crippen LogP contribution in [-0.4, -0.2) is 21.8 Å². The lowest BCUT2D eigenvalue weighted by Crippen LogP contribution is -2.27. The Morgan fingerprint density at radius 3 is 2.81 bits per heavy atom. The van der Waals surface area contributed by atoms with E-state index in [4.69, 9.17) is 0 Å². The number of fused-ring (bicyclic) bond motifs is 1. The number of carbonyl (C=O) groups excluding carboxylic acids is 1. The molecule has 0 saturated heterocycles. The Morgan fingerprint density at radius 1 is 1.19 bits per heavy atom. The third-order valence-electron chi connectivity index (χ3n) is 3.27. The van der Waals surface area contributed by atoms with E-state index in [9.17, 15) is 9.18 Å². The molecule has 3 rings (SSSR count). The highest BCUT2D eigenvalue weighted by molar-refractivity contribution is 5.93. The monoisotopic (exact) mass is 283 g/mol. The van der Waals surface area contributed by atoms with Gasteiger partial charge in [-0.25, -0.2) is 9.37 Å². The highest BCUT2D eigenvalue weighted by Crippen LogP contribution is 2.06. The van der Waals surface area contributed by atoms with Crippen molar-refractivity contribution >= 4 is 11.6 Å². The summed E-state index contributed by atoms with van der Waals surface area (Å²) in [6.07, 6.45) is 4.07. The van der Waals surface area contributed by atoms with Gasteiger partial charge >= 0.3 is 0 Å². The van der Waals surface area contributed by atoms with Crippen LogP contribution in [-0.2, 0) is 6.42 Å². The summed E-state index contributed by atoms with van der Waals surface area (Å²) < 4.78 is 14.5. The molecule has 1 N–H and O–H groups in total. The van der Waals surface area contributed by atoms with Crippen LogP contribution in [0.1, 0.15) is 16.1 Å². The van der Waals surface area contributed by atoms with Crippen molar-refractivity contribution in [2.24, 2.45) is 0 Å². The molecule has 1 amide bonds. The summed E-state index contributed by atoms with van der Waals surface area (Å²) in [4.78, 5) is 16.3. The topological polar surface area (TPSA) is 46.4 Å². The maximum atomic E-state index is 12.8. The number of aromatic nitrogens is 2. The van der Waals surface area contributed by atoms with Crippen LogP contribution in [0.2, 0.25) is 0 Å². The van der Waals surface area contributed by atoms with Gasteiger partial charge in [-0.2, -0.15) is 0 Å². The number of pyridine rings is 1. The zero-order valence-electron chi connectivity index (χ0n) is 11.3. The largest absolute Gasteiger partial charge is 0.350 e. The van der Waals surface area contributed by atoms with E-state index in [1.54, 1.807) is 41.1 Å². The number of amides is 1. The molecule has 0 fully saturated rings. The Kier molecular flexibility index (Phi) is 3.64. The first-order chi connectivity index (χ1) is 10.2. The minimum absolute atomic E-state index is 0.152. The number of nitrogens with zero attached hydrogens (tertiary/aromatic N) is 2. The van der Waals surface area contributed by atoms with E-state index in [1.807, 2.05) is 6.07 Å². The Balaban J connectivity index is 1.64. The van der Waals surface area contributed by atoms with Crippen molar-refractivity contribution < 1.29 is 9.18 Å². The minimum Gasteiger partial charge on any atom is -0.350 e. The number of rotatable bonds is 4. The summed E-state index contributed by atoms with van der Waals surface area (Å²) in [7, 11) is 0. The number of halogens is 1. The highest BCUT2D eigenvalue weighted by atomic mass is 19.1. The van der Waals surface area contributed by atoms with E-state index in [0.717, 1.165) is 11.2 Å². The summed E-state index contributed by atoms with van der Waals surface area (Å²) in [6, 6.07) is 11.7. The van der Waals surface area contributed by atoms with Gasteiger partial charge in [0.1, 0.15) is 17.2 Å². The van der Waals surface area contributed by atoms with Crippen LogP contribution in [0.4, 0.5) is 4.39 Å². The zero-order chi connectivity index (χ0) is 14.7. The Morgan fingerprint density at radius 2 is 2.00 bits per heavy atom. The molecule has 2 heterocycles. The quantitative estimate of drug-likeness (QED) is 0.799. The smallest absolute Gasteiger partial charge is 0.268 e. The lowest BCUT2D eigenvalue weighted by atomic mass is 10.1. The van der Waals surface area contributed by atoms with Gasteiger partial charge < -0.3 is 5.32 Å². The van der Waals surface area contributed by atoms with Crippen molar-refractivity contribution in [3.05, 3.63) is 71.9 Å². The van der Waals surface area contributed by atoms with E-state index in [0.29, 0.717) is 18.7 Å². The number of benzene rings is 1. The molecule has 0 aliphatic rings. The second kappa shape index (κ2) is 5.75. The molecular weight excluding hydrogens is 269 g/mol. The van der Waals surface area contributed by atoms with Crippen molar-refractivity contribution in [2.45, 2.75) is 6.42 Å². The van der Waals surface area contributed by atoms with Gasteiger partial charge in [-0.05, 0) is 36.2 Å². The average molecular weight is 283 g/mol. The molecule has 0 bridgehead atoms. The molecule has 0 spiro atoms. The van der Waals surface area contributed by atoms with Gasteiger partial charge in [-0.15, -0.1) is 0 Å². The fourth-order valence-corrected chi connectivity index (χ4v) is 2.19. The predicted molar refractivity (Wildman–Crippen MR) is 77.6 cm³/mol. The lowest BCUT2D eigenvalue weighted by Gasteiger charge is -2.07. The van der Waals surface area contributed by atoms with Crippen LogP contribution < -0.4 is 5.32 Å². The number of hydrogen-bond donors (Lipinski definition) is 1. The summed E-state index contributed by atoms with van der Waals surface area (Å²) in [5, 5.41) is 2.86.